The van der Waals surface area contributed by atoms with Crippen molar-refractivity contribution >= 4 is 37.8 Å². The lowest BCUT2D eigenvalue weighted by Gasteiger charge is -2.38. The predicted octanol–water partition coefficient (Wildman–Crippen LogP) is 3.70. The van der Waals surface area contributed by atoms with Crippen molar-refractivity contribution in [3.63, 3.8) is 0 Å². The quantitative estimate of drug-likeness (QED) is 0.304. The second kappa shape index (κ2) is 12.6. The average molecular weight is 568 g/mol. The van der Waals surface area contributed by atoms with Crippen LogP contribution < -0.4 is 0 Å². The van der Waals surface area contributed by atoms with Gasteiger partial charge in [-0.2, -0.15) is 4.31 Å². The van der Waals surface area contributed by atoms with Crippen molar-refractivity contribution in [2.45, 2.75) is 37.1 Å². The van der Waals surface area contributed by atoms with Crippen molar-refractivity contribution in [3.05, 3.63) is 53.0 Å². The molecule has 3 rings (SSSR count). The van der Waals surface area contributed by atoms with Crippen LogP contribution in [0.5, 0.6) is 0 Å². The SMILES string of the molecule is CCCCOCCCN1CC(C(=O)OC)N(S(=O)(=O)c2ccc(-c3ccc(Br)cc3)cc2)CC1=O. The van der Waals surface area contributed by atoms with Gasteiger partial charge in [-0.3, -0.25) is 9.59 Å². The number of carbonyl (C=O) groups is 2. The van der Waals surface area contributed by atoms with E-state index < -0.39 is 28.6 Å². The lowest BCUT2D eigenvalue weighted by atomic mass is 10.1. The number of hydrogen-bond acceptors (Lipinski definition) is 6. The fraction of sp³-hybridized carbons (Fsp3) is 0.440. The summed E-state index contributed by atoms with van der Waals surface area (Å²) in [5, 5.41) is 0. The summed E-state index contributed by atoms with van der Waals surface area (Å²) in [7, 11) is -2.90. The number of sulfonamides is 1. The van der Waals surface area contributed by atoms with Crippen molar-refractivity contribution in [2.24, 2.45) is 0 Å². The normalized spacial score (nSPS) is 16.9. The number of unbranched alkanes of at least 4 members (excludes halogenated alkanes) is 1. The molecule has 0 radical (unpaired) electrons. The van der Waals surface area contributed by atoms with Gasteiger partial charge in [0.15, 0.2) is 0 Å². The van der Waals surface area contributed by atoms with Crippen LogP contribution in [0.15, 0.2) is 57.9 Å². The van der Waals surface area contributed by atoms with Gasteiger partial charge in [-0.15, -0.1) is 0 Å². The standard InChI is InChI=1S/C25H31BrN2O6S/c1-3-4-15-34-16-5-14-27-17-23(25(30)33-2)28(18-24(27)29)35(31,32)22-12-8-20(9-13-22)19-6-10-21(26)11-7-19/h6-13,23H,3-5,14-18H2,1-2H3. The fourth-order valence-corrected chi connectivity index (χ4v) is 5.63. The van der Waals surface area contributed by atoms with Gasteiger partial charge in [0.25, 0.3) is 0 Å². The number of benzene rings is 2. The number of methoxy groups -OCH3 is 1. The first kappa shape index (κ1) is 27.3. The van der Waals surface area contributed by atoms with Crippen LogP contribution in [0, 0.1) is 0 Å². The number of rotatable bonds is 11. The van der Waals surface area contributed by atoms with Crippen molar-refractivity contribution < 1.29 is 27.5 Å². The van der Waals surface area contributed by atoms with E-state index in [1.165, 1.54) is 24.1 Å². The summed E-state index contributed by atoms with van der Waals surface area (Å²) < 4.78 is 39.2. The van der Waals surface area contributed by atoms with Gasteiger partial charge in [0.05, 0.1) is 18.6 Å². The minimum atomic E-state index is -4.11. The van der Waals surface area contributed by atoms with Crippen LogP contribution in [-0.4, -0.2) is 75.5 Å². The minimum Gasteiger partial charge on any atom is -0.468 e. The van der Waals surface area contributed by atoms with E-state index >= 15 is 0 Å². The Morgan fingerprint density at radius 1 is 1.03 bits per heavy atom. The Hall–Kier alpha value is -2.27. The Morgan fingerprint density at radius 2 is 1.63 bits per heavy atom. The third-order valence-electron chi connectivity index (χ3n) is 5.86. The molecule has 1 atom stereocenters. The van der Waals surface area contributed by atoms with Crippen LogP contribution in [0.4, 0.5) is 0 Å². The van der Waals surface area contributed by atoms with Gasteiger partial charge in [-0.1, -0.05) is 53.5 Å². The van der Waals surface area contributed by atoms with Gasteiger partial charge in [-0.25, -0.2) is 8.42 Å². The number of hydrogen-bond donors (Lipinski definition) is 0. The Balaban J connectivity index is 1.74. The van der Waals surface area contributed by atoms with Crippen LogP contribution >= 0.6 is 15.9 Å². The van der Waals surface area contributed by atoms with Gasteiger partial charge in [0, 0.05) is 30.8 Å². The lowest BCUT2D eigenvalue weighted by molar-refractivity contribution is -0.151. The summed E-state index contributed by atoms with van der Waals surface area (Å²) in [4.78, 5) is 26.8. The number of halogens is 1. The molecule has 190 valence electrons. The maximum Gasteiger partial charge on any atom is 0.326 e. The molecule has 0 spiro atoms. The summed E-state index contributed by atoms with van der Waals surface area (Å²) in [5.41, 5.74) is 1.79. The highest BCUT2D eigenvalue weighted by atomic mass is 79.9. The van der Waals surface area contributed by atoms with Gasteiger partial charge in [0.1, 0.15) is 6.04 Å². The molecule has 0 bridgehead atoms. The van der Waals surface area contributed by atoms with Gasteiger partial charge >= 0.3 is 5.97 Å². The van der Waals surface area contributed by atoms with Crippen LogP contribution in [0.3, 0.4) is 0 Å². The number of esters is 1. The summed E-state index contributed by atoms with van der Waals surface area (Å²) in [5.74, 6) is -1.05. The molecule has 1 aliphatic rings. The van der Waals surface area contributed by atoms with Gasteiger partial charge in [0.2, 0.25) is 15.9 Å². The topological polar surface area (TPSA) is 93.2 Å². The molecule has 1 heterocycles. The van der Waals surface area contributed by atoms with Crippen LogP contribution in [0.2, 0.25) is 0 Å². The van der Waals surface area contributed by atoms with E-state index in [1.807, 2.05) is 24.3 Å². The molecule has 1 fully saturated rings. The second-order valence-electron chi connectivity index (χ2n) is 8.28. The van der Waals surface area contributed by atoms with Crippen molar-refractivity contribution in [2.75, 3.05) is 40.0 Å². The molecule has 8 nitrogen and oxygen atoms in total. The Bertz CT molecular complexity index is 1110. The molecular weight excluding hydrogens is 536 g/mol. The highest BCUT2D eigenvalue weighted by Crippen LogP contribution is 2.27. The lowest BCUT2D eigenvalue weighted by Crippen LogP contribution is -2.60. The van der Waals surface area contributed by atoms with E-state index in [1.54, 1.807) is 12.1 Å². The molecule has 35 heavy (non-hydrogen) atoms. The zero-order chi connectivity index (χ0) is 25.4. The molecular formula is C25H31BrN2O6S. The van der Waals surface area contributed by atoms with Crippen molar-refractivity contribution in [3.8, 4) is 11.1 Å². The molecule has 2 aromatic carbocycles. The average Bonchev–Trinajstić information content (AvgIpc) is 2.86. The first-order chi connectivity index (χ1) is 16.8. The Labute approximate surface area is 215 Å². The molecule has 10 heteroatoms. The first-order valence-electron chi connectivity index (χ1n) is 11.6. The van der Waals surface area contributed by atoms with Crippen LogP contribution in [0.1, 0.15) is 26.2 Å². The van der Waals surface area contributed by atoms with E-state index in [9.17, 15) is 18.0 Å². The van der Waals surface area contributed by atoms with Gasteiger partial charge < -0.3 is 14.4 Å². The molecule has 0 aromatic heterocycles. The second-order valence-corrected chi connectivity index (χ2v) is 11.1. The van der Waals surface area contributed by atoms with E-state index in [0.29, 0.717) is 26.2 Å². The van der Waals surface area contributed by atoms with Crippen molar-refractivity contribution in [1.82, 2.24) is 9.21 Å². The Morgan fingerprint density at radius 3 is 2.23 bits per heavy atom. The van der Waals surface area contributed by atoms with Crippen LogP contribution in [-0.2, 0) is 29.1 Å². The summed E-state index contributed by atoms with van der Waals surface area (Å²) in [6.07, 6.45) is 2.63. The number of nitrogens with zero attached hydrogens (tertiary/aromatic N) is 2. The number of piperazine rings is 1. The van der Waals surface area contributed by atoms with E-state index in [4.69, 9.17) is 9.47 Å². The number of ether oxygens (including phenoxy) is 2. The summed E-state index contributed by atoms with van der Waals surface area (Å²) >= 11 is 3.40. The van der Waals surface area contributed by atoms with Crippen LogP contribution in [0.25, 0.3) is 11.1 Å². The van der Waals surface area contributed by atoms with Crippen molar-refractivity contribution in [1.29, 1.82) is 0 Å². The smallest absolute Gasteiger partial charge is 0.326 e. The van der Waals surface area contributed by atoms with E-state index in [2.05, 4.69) is 22.9 Å². The molecule has 2 aromatic rings. The largest absolute Gasteiger partial charge is 0.468 e. The third kappa shape index (κ3) is 6.91. The molecule has 1 amide bonds. The summed E-state index contributed by atoms with van der Waals surface area (Å²) in [6, 6.07) is 12.9. The fourth-order valence-electron chi connectivity index (χ4n) is 3.84. The maximum atomic E-state index is 13.4. The molecule has 1 saturated heterocycles. The zero-order valence-corrected chi connectivity index (χ0v) is 22.4. The molecule has 0 saturated carbocycles. The Kier molecular flexibility index (Phi) is 9.85. The highest BCUT2D eigenvalue weighted by molar-refractivity contribution is 9.10. The molecule has 0 aliphatic carbocycles. The maximum absolute atomic E-state index is 13.4. The number of carbonyl (C=O) groups excluding carboxylic acids is 2. The minimum absolute atomic E-state index is 0.0119. The molecule has 0 N–H and O–H groups in total. The third-order valence-corrected chi connectivity index (χ3v) is 8.25. The zero-order valence-electron chi connectivity index (χ0n) is 20.0. The molecule has 1 aliphatic heterocycles. The van der Waals surface area contributed by atoms with E-state index in [-0.39, 0.29) is 17.3 Å². The monoisotopic (exact) mass is 566 g/mol. The van der Waals surface area contributed by atoms with Gasteiger partial charge in [-0.05, 0) is 48.2 Å². The first-order valence-corrected chi connectivity index (χ1v) is 13.8. The summed E-state index contributed by atoms with van der Waals surface area (Å²) in [6.45, 7) is 3.15. The van der Waals surface area contributed by atoms with E-state index in [0.717, 1.165) is 32.7 Å². The molecule has 1 unspecified atom stereocenters. The highest BCUT2D eigenvalue weighted by Gasteiger charge is 2.43. The predicted molar refractivity (Wildman–Crippen MR) is 136 cm³/mol. The number of amides is 1.